The number of aromatic nitrogens is 2. The molecular formula is C14H13FN4S2. The highest BCUT2D eigenvalue weighted by molar-refractivity contribution is 7.99. The minimum absolute atomic E-state index is 0.250. The van der Waals surface area contributed by atoms with E-state index in [9.17, 15) is 4.39 Å². The van der Waals surface area contributed by atoms with Gasteiger partial charge in [-0.3, -0.25) is 5.43 Å². The van der Waals surface area contributed by atoms with Crippen molar-refractivity contribution in [3.63, 3.8) is 0 Å². The van der Waals surface area contributed by atoms with E-state index in [1.165, 1.54) is 28.8 Å². The fourth-order valence-electron chi connectivity index (χ4n) is 1.88. The van der Waals surface area contributed by atoms with Crippen molar-refractivity contribution in [3.05, 3.63) is 41.0 Å². The molecule has 0 fully saturated rings. The van der Waals surface area contributed by atoms with E-state index in [0.717, 1.165) is 26.6 Å². The van der Waals surface area contributed by atoms with Gasteiger partial charge in [-0.05, 0) is 36.8 Å². The van der Waals surface area contributed by atoms with Crippen LogP contribution < -0.4 is 11.3 Å². The van der Waals surface area contributed by atoms with Crippen LogP contribution in [0.25, 0.3) is 10.2 Å². The van der Waals surface area contributed by atoms with Crippen molar-refractivity contribution in [2.75, 3.05) is 5.43 Å². The molecule has 2 heterocycles. The molecule has 0 amide bonds. The largest absolute Gasteiger partial charge is 0.292 e. The molecule has 108 valence electrons. The molecule has 21 heavy (non-hydrogen) atoms. The number of halogens is 1. The van der Waals surface area contributed by atoms with E-state index in [1.54, 1.807) is 23.5 Å². The topological polar surface area (TPSA) is 63.8 Å². The number of rotatable bonds is 4. The molecule has 0 aliphatic heterocycles. The van der Waals surface area contributed by atoms with Gasteiger partial charge in [0.25, 0.3) is 0 Å². The first-order chi connectivity index (χ1) is 10.2. The van der Waals surface area contributed by atoms with E-state index in [2.05, 4.69) is 28.4 Å². The van der Waals surface area contributed by atoms with E-state index in [1.807, 2.05) is 0 Å². The van der Waals surface area contributed by atoms with Gasteiger partial charge in [-0.1, -0.05) is 18.7 Å². The lowest BCUT2D eigenvalue weighted by Crippen LogP contribution is -2.10. The Balaban J connectivity index is 2.06. The summed E-state index contributed by atoms with van der Waals surface area (Å²) in [5, 5.41) is 1.82. The number of nitrogen functional groups attached to an aromatic ring is 1. The van der Waals surface area contributed by atoms with Crippen molar-refractivity contribution in [2.45, 2.75) is 23.3 Å². The second-order valence-electron chi connectivity index (χ2n) is 4.34. The first-order valence-electron chi connectivity index (χ1n) is 6.40. The zero-order valence-electron chi connectivity index (χ0n) is 11.3. The van der Waals surface area contributed by atoms with Crippen molar-refractivity contribution in [3.8, 4) is 0 Å². The van der Waals surface area contributed by atoms with Crippen molar-refractivity contribution in [1.82, 2.24) is 9.97 Å². The minimum atomic E-state index is -0.250. The molecule has 4 nitrogen and oxygen atoms in total. The SMILES string of the molecule is CCc1cc2c(Sc3ccc(F)cc3)nc(NN)nc2s1. The van der Waals surface area contributed by atoms with E-state index in [0.29, 0.717) is 5.95 Å². The molecule has 0 saturated carbocycles. The number of hydrogen-bond donors (Lipinski definition) is 2. The van der Waals surface area contributed by atoms with Gasteiger partial charge in [0, 0.05) is 15.2 Å². The number of aryl methyl sites for hydroxylation is 1. The Kier molecular flexibility index (Phi) is 4.05. The van der Waals surface area contributed by atoms with Crippen LogP contribution in [0.5, 0.6) is 0 Å². The second kappa shape index (κ2) is 5.97. The number of hydrazine groups is 1. The highest BCUT2D eigenvalue weighted by Crippen LogP contribution is 2.36. The molecule has 0 aliphatic carbocycles. The van der Waals surface area contributed by atoms with Crippen molar-refractivity contribution < 1.29 is 4.39 Å². The van der Waals surface area contributed by atoms with E-state index in [-0.39, 0.29) is 5.82 Å². The molecule has 0 unspecified atom stereocenters. The van der Waals surface area contributed by atoms with E-state index >= 15 is 0 Å². The number of nitrogens with two attached hydrogens (primary N) is 1. The predicted octanol–water partition coefficient (Wildman–Crippen LogP) is 3.83. The van der Waals surface area contributed by atoms with Gasteiger partial charge >= 0.3 is 0 Å². The molecule has 3 rings (SSSR count). The zero-order valence-corrected chi connectivity index (χ0v) is 12.9. The van der Waals surface area contributed by atoms with Gasteiger partial charge in [0.1, 0.15) is 15.7 Å². The third kappa shape index (κ3) is 2.99. The molecule has 3 N–H and O–H groups in total. The molecular weight excluding hydrogens is 307 g/mol. The van der Waals surface area contributed by atoms with Crippen LogP contribution >= 0.6 is 23.1 Å². The fraction of sp³-hybridized carbons (Fsp3) is 0.143. The Morgan fingerprint density at radius 2 is 2.05 bits per heavy atom. The first-order valence-corrected chi connectivity index (χ1v) is 8.03. The van der Waals surface area contributed by atoms with Gasteiger partial charge in [-0.25, -0.2) is 20.2 Å². The molecule has 0 radical (unpaired) electrons. The van der Waals surface area contributed by atoms with Gasteiger partial charge in [-0.2, -0.15) is 0 Å². The normalized spacial score (nSPS) is 11.0. The summed E-state index contributed by atoms with van der Waals surface area (Å²) in [6.45, 7) is 2.10. The molecule has 0 bridgehead atoms. The zero-order chi connectivity index (χ0) is 14.8. The number of anilines is 1. The van der Waals surface area contributed by atoms with Crippen molar-refractivity contribution in [1.29, 1.82) is 0 Å². The van der Waals surface area contributed by atoms with Gasteiger partial charge < -0.3 is 0 Å². The first kappa shape index (κ1) is 14.2. The minimum Gasteiger partial charge on any atom is -0.292 e. The molecule has 0 saturated heterocycles. The number of benzene rings is 1. The average molecular weight is 320 g/mol. The Morgan fingerprint density at radius 1 is 1.29 bits per heavy atom. The van der Waals surface area contributed by atoms with Crippen LogP contribution in [0.3, 0.4) is 0 Å². The number of nitrogens with zero attached hydrogens (tertiary/aromatic N) is 2. The summed E-state index contributed by atoms with van der Waals surface area (Å²) in [6, 6.07) is 8.45. The van der Waals surface area contributed by atoms with Crippen molar-refractivity contribution in [2.24, 2.45) is 5.84 Å². The summed E-state index contributed by atoms with van der Waals surface area (Å²) in [7, 11) is 0. The number of fused-ring (bicyclic) bond motifs is 1. The third-order valence-electron chi connectivity index (χ3n) is 2.91. The Bertz CT molecular complexity index is 770. The van der Waals surface area contributed by atoms with Crippen molar-refractivity contribution >= 4 is 39.3 Å². The lowest BCUT2D eigenvalue weighted by atomic mass is 10.3. The standard InChI is InChI=1S/C14H13FN4S2/c1-2-9-7-11-12(20-9)17-14(19-16)18-13(11)21-10-5-3-8(15)4-6-10/h3-7H,2,16H2,1H3,(H,17,18,19). The highest BCUT2D eigenvalue weighted by Gasteiger charge is 2.12. The number of hydrogen-bond acceptors (Lipinski definition) is 6. The summed E-state index contributed by atoms with van der Waals surface area (Å²) in [6.07, 6.45) is 0.951. The summed E-state index contributed by atoms with van der Waals surface area (Å²) in [4.78, 5) is 11.9. The van der Waals surface area contributed by atoms with E-state index in [4.69, 9.17) is 5.84 Å². The maximum absolute atomic E-state index is 13.0. The Hall–Kier alpha value is -1.70. The molecule has 2 aromatic heterocycles. The Labute approximate surface area is 129 Å². The van der Waals surface area contributed by atoms with Crippen LogP contribution in [-0.2, 0) is 6.42 Å². The summed E-state index contributed by atoms with van der Waals surface area (Å²) in [5.41, 5.74) is 2.49. The maximum Gasteiger partial charge on any atom is 0.239 e. The molecule has 0 spiro atoms. The summed E-state index contributed by atoms with van der Waals surface area (Å²) >= 11 is 3.11. The van der Waals surface area contributed by atoms with Crippen LogP contribution in [0, 0.1) is 5.82 Å². The molecule has 7 heteroatoms. The van der Waals surface area contributed by atoms with Gasteiger partial charge in [0.05, 0.1) is 0 Å². The number of thiophene rings is 1. The molecule has 0 aliphatic rings. The van der Waals surface area contributed by atoms with Crippen LogP contribution in [0.15, 0.2) is 40.3 Å². The Morgan fingerprint density at radius 3 is 2.71 bits per heavy atom. The van der Waals surface area contributed by atoms with Crippen LogP contribution in [0.2, 0.25) is 0 Å². The fourth-order valence-corrected chi connectivity index (χ4v) is 3.80. The molecule has 0 atom stereocenters. The lowest BCUT2D eigenvalue weighted by molar-refractivity contribution is 0.626. The van der Waals surface area contributed by atoms with E-state index < -0.39 is 0 Å². The summed E-state index contributed by atoms with van der Waals surface area (Å²) < 4.78 is 13.0. The quantitative estimate of drug-likeness (QED) is 0.434. The molecule has 1 aromatic carbocycles. The van der Waals surface area contributed by atoms with Gasteiger partial charge in [0.15, 0.2) is 0 Å². The van der Waals surface area contributed by atoms with Gasteiger partial charge in [-0.15, -0.1) is 11.3 Å². The monoisotopic (exact) mass is 320 g/mol. The van der Waals surface area contributed by atoms with Crippen LogP contribution in [0.1, 0.15) is 11.8 Å². The highest BCUT2D eigenvalue weighted by atomic mass is 32.2. The smallest absolute Gasteiger partial charge is 0.239 e. The average Bonchev–Trinajstić information content (AvgIpc) is 2.92. The lowest BCUT2D eigenvalue weighted by Gasteiger charge is -2.05. The maximum atomic E-state index is 13.0. The number of nitrogens with one attached hydrogen (secondary N) is 1. The third-order valence-corrected chi connectivity index (χ3v) is 5.10. The second-order valence-corrected chi connectivity index (χ2v) is 6.52. The van der Waals surface area contributed by atoms with Crippen LogP contribution in [0.4, 0.5) is 10.3 Å². The van der Waals surface area contributed by atoms with Gasteiger partial charge in [0.2, 0.25) is 5.95 Å². The molecule has 3 aromatic rings. The predicted molar refractivity (Wildman–Crippen MR) is 85.1 cm³/mol. The summed E-state index contributed by atoms with van der Waals surface area (Å²) in [5.74, 6) is 5.57. The van der Waals surface area contributed by atoms with Crippen LogP contribution in [-0.4, -0.2) is 9.97 Å².